The van der Waals surface area contributed by atoms with Gasteiger partial charge in [-0.2, -0.15) is 0 Å². The highest BCUT2D eigenvalue weighted by Gasteiger charge is 2.46. The van der Waals surface area contributed by atoms with Crippen LogP contribution in [0.1, 0.15) is 22.3 Å². The summed E-state index contributed by atoms with van der Waals surface area (Å²) in [4.78, 5) is 15.2. The second-order valence-corrected chi connectivity index (χ2v) is 13.2. The number of nitrogens with zero attached hydrogens (tertiary/aromatic N) is 3. The average Bonchev–Trinajstić information content (AvgIpc) is 3.52. The van der Waals surface area contributed by atoms with Crippen LogP contribution >= 0.6 is 0 Å². The highest BCUT2D eigenvalue weighted by Crippen LogP contribution is 2.57. The Morgan fingerprint density at radius 1 is 0.314 bits per heavy atom. The van der Waals surface area contributed by atoms with Crippen molar-refractivity contribution in [2.45, 2.75) is 5.41 Å². The lowest BCUT2D eigenvalue weighted by Crippen LogP contribution is -2.28. The van der Waals surface area contributed by atoms with Crippen molar-refractivity contribution in [3.05, 3.63) is 210 Å². The van der Waals surface area contributed by atoms with E-state index in [0.29, 0.717) is 17.5 Å². The number of hydrogen-bond acceptors (Lipinski definition) is 3. The summed E-state index contributed by atoms with van der Waals surface area (Å²) in [6.07, 6.45) is 0. The monoisotopic (exact) mass is 649 g/mol. The standard InChI is InChI=1S/C48H31N3/c1-4-15-34(16-5-1)45-49-46(35-17-6-2-7-18-35)51-47(50-45)36-27-29-41-40-22-12-13-23-43(40)48(44(41)30-36,37-19-8-3-9-20-37)38-28-26-33-25-24-32-14-10-11-21-39(32)42(33)31-38/h1-31H. The summed E-state index contributed by atoms with van der Waals surface area (Å²) in [6, 6.07) is 67.1. The van der Waals surface area contributed by atoms with E-state index in [-0.39, 0.29) is 0 Å². The van der Waals surface area contributed by atoms with Crippen LogP contribution in [0, 0.1) is 0 Å². The molecular weight excluding hydrogens is 619 g/mol. The van der Waals surface area contributed by atoms with Gasteiger partial charge in [-0.15, -0.1) is 0 Å². The van der Waals surface area contributed by atoms with Gasteiger partial charge in [0.15, 0.2) is 17.5 Å². The van der Waals surface area contributed by atoms with Crippen LogP contribution in [-0.2, 0) is 5.41 Å². The first-order valence-corrected chi connectivity index (χ1v) is 17.4. The van der Waals surface area contributed by atoms with Gasteiger partial charge in [-0.3, -0.25) is 0 Å². The number of hydrogen-bond donors (Lipinski definition) is 0. The van der Waals surface area contributed by atoms with Crippen molar-refractivity contribution in [3.63, 3.8) is 0 Å². The predicted molar refractivity (Wildman–Crippen MR) is 208 cm³/mol. The molecule has 238 valence electrons. The van der Waals surface area contributed by atoms with Crippen molar-refractivity contribution < 1.29 is 0 Å². The molecule has 0 fully saturated rings. The fraction of sp³-hybridized carbons (Fsp3) is 0.0208. The number of rotatable bonds is 5. The molecule has 8 aromatic carbocycles. The third-order valence-corrected chi connectivity index (χ3v) is 10.4. The third kappa shape index (κ3) is 4.63. The van der Waals surface area contributed by atoms with Crippen molar-refractivity contribution >= 4 is 21.5 Å². The van der Waals surface area contributed by atoms with Gasteiger partial charge in [0.2, 0.25) is 0 Å². The predicted octanol–water partition coefficient (Wildman–Crippen LogP) is 11.5. The highest BCUT2D eigenvalue weighted by molar-refractivity contribution is 6.08. The van der Waals surface area contributed by atoms with Gasteiger partial charge in [-0.25, -0.2) is 15.0 Å². The van der Waals surface area contributed by atoms with Crippen molar-refractivity contribution in [2.24, 2.45) is 0 Å². The lowest BCUT2D eigenvalue weighted by Gasteiger charge is -2.34. The van der Waals surface area contributed by atoms with Gasteiger partial charge in [0.05, 0.1) is 5.41 Å². The zero-order valence-corrected chi connectivity index (χ0v) is 27.7. The molecule has 0 amide bonds. The minimum Gasteiger partial charge on any atom is -0.208 e. The maximum Gasteiger partial charge on any atom is 0.164 e. The van der Waals surface area contributed by atoms with Gasteiger partial charge in [-0.05, 0) is 67.1 Å². The highest BCUT2D eigenvalue weighted by atomic mass is 15.0. The van der Waals surface area contributed by atoms with Gasteiger partial charge < -0.3 is 0 Å². The minimum absolute atomic E-state index is 0.577. The maximum atomic E-state index is 5.12. The molecule has 1 heterocycles. The lowest BCUT2D eigenvalue weighted by atomic mass is 9.67. The van der Waals surface area contributed by atoms with Crippen LogP contribution in [0.15, 0.2) is 188 Å². The van der Waals surface area contributed by atoms with E-state index in [1.54, 1.807) is 0 Å². The molecule has 3 nitrogen and oxygen atoms in total. The fourth-order valence-corrected chi connectivity index (χ4v) is 8.07. The summed E-state index contributed by atoms with van der Waals surface area (Å²) in [5, 5.41) is 4.98. The molecule has 0 radical (unpaired) electrons. The van der Waals surface area contributed by atoms with E-state index in [1.165, 1.54) is 54.9 Å². The largest absolute Gasteiger partial charge is 0.208 e. The van der Waals surface area contributed by atoms with Crippen LogP contribution in [-0.4, -0.2) is 15.0 Å². The van der Waals surface area contributed by atoms with E-state index in [2.05, 4.69) is 152 Å². The van der Waals surface area contributed by atoms with E-state index in [0.717, 1.165) is 16.7 Å². The first kappa shape index (κ1) is 29.2. The van der Waals surface area contributed by atoms with E-state index in [4.69, 9.17) is 15.0 Å². The summed E-state index contributed by atoms with van der Waals surface area (Å²) < 4.78 is 0. The maximum absolute atomic E-state index is 5.12. The minimum atomic E-state index is -0.577. The Kier molecular flexibility index (Phi) is 6.71. The molecule has 1 atom stereocenters. The number of fused-ring (bicyclic) bond motifs is 6. The molecule has 1 aliphatic rings. The molecule has 10 rings (SSSR count). The lowest BCUT2D eigenvalue weighted by molar-refractivity contribution is 0.770. The first-order valence-electron chi connectivity index (χ1n) is 17.4. The summed E-state index contributed by atoms with van der Waals surface area (Å²) >= 11 is 0. The molecule has 0 aliphatic heterocycles. The van der Waals surface area contributed by atoms with Crippen molar-refractivity contribution in [1.82, 2.24) is 15.0 Å². The molecule has 51 heavy (non-hydrogen) atoms. The van der Waals surface area contributed by atoms with Crippen LogP contribution in [0.5, 0.6) is 0 Å². The van der Waals surface area contributed by atoms with Gasteiger partial charge in [0.25, 0.3) is 0 Å². The second kappa shape index (κ2) is 11.7. The quantitative estimate of drug-likeness (QED) is 0.174. The molecule has 3 heteroatoms. The topological polar surface area (TPSA) is 38.7 Å². The van der Waals surface area contributed by atoms with Crippen LogP contribution in [0.25, 0.3) is 66.8 Å². The van der Waals surface area contributed by atoms with Crippen molar-refractivity contribution in [2.75, 3.05) is 0 Å². The van der Waals surface area contributed by atoms with Gasteiger partial charge in [0.1, 0.15) is 0 Å². The molecule has 1 aliphatic carbocycles. The number of benzene rings is 8. The van der Waals surface area contributed by atoms with E-state index in [9.17, 15) is 0 Å². The Bertz CT molecular complexity index is 2680. The van der Waals surface area contributed by atoms with Gasteiger partial charge in [0, 0.05) is 16.7 Å². The Hall–Kier alpha value is -6.71. The average molecular weight is 650 g/mol. The Balaban J connectivity index is 1.27. The Morgan fingerprint density at radius 2 is 0.843 bits per heavy atom. The molecule has 9 aromatic rings. The molecule has 0 saturated carbocycles. The molecular formula is C48H31N3. The summed E-state index contributed by atoms with van der Waals surface area (Å²) in [6.45, 7) is 0. The van der Waals surface area contributed by atoms with Gasteiger partial charge >= 0.3 is 0 Å². The first-order chi connectivity index (χ1) is 25.3. The Morgan fingerprint density at radius 3 is 1.55 bits per heavy atom. The SMILES string of the molecule is c1ccc(-c2nc(-c3ccccc3)nc(-c3ccc4c(c3)C(c3ccccc3)(c3ccc5ccc6ccccc6c5c3)c3ccccc3-4)n2)cc1. The molecule has 1 aromatic heterocycles. The fourth-order valence-electron chi connectivity index (χ4n) is 8.07. The van der Waals surface area contributed by atoms with Crippen LogP contribution < -0.4 is 0 Å². The smallest absolute Gasteiger partial charge is 0.164 e. The zero-order valence-electron chi connectivity index (χ0n) is 27.7. The molecule has 1 unspecified atom stereocenters. The van der Waals surface area contributed by atoms with Crippen LogP contribution in [0.4, 0.5) is 0 Å². The molecule has 0 saturated heterocycles. The number of aromatic nitrogens is 3. The molecule has 0 bridgehead atoms. The van der Waals surface area contributed by atoms with E-state index < -0.39 is 5.41 Å². The molecule has 0 N–H and O–H groups in total. The van der Waals surface area contributed by atoms with Gasteiger partial charge in [-0.1, -0.05) is 176 Å². The van der Waals surface area contributed by atoms with E-state index >= 15 is 0 Å². The van der Waals surface area contributed by atoms with Crippen molar-refractivity contribution in [3.8, 4) is 45.3 Å². The van der Waals surface area contributed by atoms with Crippen LogP contribution in [0.3, 0.4) is 0 Å². The van der Waals surface area contributed by atoms with Crippen molar-refractivity contribution in [1.29, 1.82) is 0 Å². The third-order valence-electron chi connectivity index (χ3n) is 10.4. The molecule has 0 spiro atoms. The summed E-state index contributed by atoms with van der Waals surface area (Å²) in [5.41, 5.74) is 9.68. The Labute approximate surface area is 296 Å². The summed E-state index contributed by atoms with van der Waals surface area (Å²) in [7, 11) is 0. The van der Waals surface area contributed by atoms with E-state index in [1.807, 2.05) is 36.4 Å². The van der Waals surface area contributed by atoms with Crippen LogP contribution in [0.2, 0.25) is 0 Å². The zero-order chi connectivity index (χ0) is 33.8. The second-order valence-electron chi connectivity index (χ2n) is 13.2. The normalized spacial score (nSPS) is 14.7. The summed E-state index contributed by atoms with van der Waals surface area (Å²) in [5.74, 6) is 1.95.